The van der Waals surface area contributed by atoms with Gasteiger partial charge in [0, 0.05) is 0 Å². The van der Waals surface area contributed by atoms with Gasteiger partial charge >= 0.3 is 0 Å². The summed E-state index contributed by atoms with van der Waals surface area (Å²) < 4.78 is 13.2. The van der Waals surface area contributed by atoms with Gasteiger partial charge in [-0.3, -0.25) is 0 Å². The van der Waals surface area contributed by atoms with Crippen molar-refractivity contribution in [2.75, 3.05) is 0 Å². The lowest BCUT2D eigenvalue weighted by Gasteiger charge is -2.55. The lowest BCUT2D eigenvalue weighted by Crippen LogP contribution is -2.52. The molecule has 4 nitrogen and oxygen atoms in total. The van der Waals surface area contributed by atoms with Crippen molar-refractivity contribution in [1.82, 2.24) is 0 Å². The number of hydrogen-bond acceptors (Lipinski definition) is 4. The second kappa shape index (κ2) is 8.04. The quantitative estimate of drug-likeness (QED) is 0.436. The largest absolute Gasteiger partial charge is 0.390 e. The van der Waals surface area contributed by atoms with E-state index in [0.717, 1.165) is 51.4 Å². The van der Waals surface area contributed by atoms with Gasteiger partial charge in [0.15, 0.2) is 0 Å². The van der Waals surface area contributed by atoms with E-state index < -0.39 is 11.2 Å². The molecule has 3 aliphatic carbocycles. The zero-order chi connectivity index (χ0) is 24.7. The molecular formula is C30H50O4. The predicted molar refractivity (Wildman–Crippen MR) is 136 cm³/mol. The fourth-order valence-electron chi connectivity index (χ4n) is 9.15. The summed E-state index contributed by atoms with van der Waals surface area (Å²) in [5, 5.41) is 21.3. The van der Waals surface area contributed by atoms with E-state index in [1.807, 2.05) is 13.8 Å². The molecule has 34 heavy (non-hydrogen) atoms. The van der Waals surface area contributed by atoms with Crippen LogP contribution < -0.4 is 0 Å². The molecule has 8 atom stereocenters. The molecule has 5 rings (SSSR count). The molecule has 0 radical (unpaired) electrons. The average molecular weight is 475 g/mol. The molecule has 194 valence electrons. The Morgan fingerprint density at radius 3 is 2.29 bits per heavy atom. The van der Waals surface area contributed by atoms with Gasteiger partial charge in [-0.05, 0) is 120 Å². The Balaban J connectivity index is 1.40. The lowest BCUT2D eigenvalue weighted by atomic mass is 9.53. The molecule has 2 heterocycles. The molecule has 0 bridgehead atoms. The summed E-state index contributed by atoms with van der Waals surface area (Å²) in [4.78, 5) is 0. The molecule has 0 amide bonds. The third-order valence-corrected chi connectivity index (χ3v) is 11.4. The molecular weight excluding hydrogens is 424 g/mol. The normalized spacial score (nSPS) is 51.3. The molecule has 0 aromatic heterocycles. The summed E-state index contributed by atoms with van der Waals surface area (Å²) in [5.74, 6) is 0.634. The van der Waals surface area contributed by atoms with Crippen LogP contribution in [0.2, 0.25) is 0 Å². The molecule has 5 fully saturated rings. The first-order valence-electron chi connectivity index (χ1n) is 14.1. The highest BCUT2D eigenvalue weighted by Gasteiger charge is 2.60. The smallest absolute Gasteiger partial charge is 0.0888 e. The summed E-state index contributed by atoms with van der Waals surface area (Å²) in [6.45, 7) is 15.4. The van der Waals surface area contributed by atoms with Crippen LogP contribution in [0.1, 0.15) is 119 Å². The predicted octanol–water partition coefficient (Wildman–Crippen LogP) is 6.33. The fraction of sp³-hybridized carbons (Fsp3) is 0.933. The maximum absolute atomic E-state index is 10.8. The Kier molecular flexibility index (Phi) is 5.97. The lowest BCUT2D eigenvalue weighted by molar-refractivity contribution is -0.190. The van der Waals surface area contributed by atoms with Gasteiger partial charge in [0.2, 0.25) is 0 Å². The Morgan fingerprint density at radius 1 is 0.853 bits per heavy atom. The molecule has 5 aliphatic rings. The van der Waals surface area contributed by atoms with Gasteiger partial charge in [-0.2, -0.15) is 0 Å². The highest BCUT2D eigenvalue weighted by Crippen LogP contribution is 2.66. The maximum Gasteiger partial charge on any atom is 0.0888 e. The van der Waals surface area contributed by atoms with E-state index in [1.54, 1.807) is 11.1 Å². The van der Waals surface area contributed by atoms with Crippen LogP contribution in [0.15, 0.2) is 11.1 Å². The second-order valence-electron chi connectivity index (χ2n) is 14.6. The van der Waals surface area contributed by atoms with Gasteiger partial charge in [0.05, 0.1) is 35.6 Å². The standard InChI is InChI=1S/C30H50O4/c1-26(2,32)23-13-15-28(5)18-19(8-11-24(28)33-23)20-9-10-21-29(20,6)17-14-25-30(21,7)16-12-22(31)27(3,4)34-25/h21-25,31-32H,8-18H2,1-7H3/b20-19+/t21?,22-,23+,24-,25-,28-,29+,30-/m0/s1. The monoisotopic (exact) mass is 474 g/mol. The van der Waals surface area contributed by atoms with E-state index >= 15 is 0 Å². The van der Waals surface area contributed by atoms with Crippen LogP contribution in [0.3, 0.4) is 0 Å². The van der Waals surface area contributed by atoms with E-state index in [0.29, 0.717) is 5.92 Å². The zero-order valence-corrected chi connectivity index (χ0v) is 22.9. The Hall–Kier alpha value is -0.420. The van der Waals surface area contributed by atoms with Crippen LogP contribution in [-0.4, -0.2) is 45.8 Å². The maximum atomic E-state index is 10.8. The topological polar surface area (TPSA) is 58.9 Å². The van der Waals surface area contributed by atoms with Crippen LogP contribution >= 0.6 is 0 Å². The average Bonchev–Trinajstić information content (AvgIpc) is 3.06. The Morgan fingerprint density at radius 2 is 1.59 bits per heavy atom. The van der Waals surface area contributed by atoms with E-state index in [1.165, 1.54) is 19.3 Å². The number of rotatable bonds is 1. The minimum Gasteiger partial charge on any atom is -0.390 e. The summed E-state index contributed by atoms with van der Waals surface area (Å²) in [5.41, 5.74) is 2.87. The summed E-state index contributed by atoms with van der Waals surface area (Å²) in [7, 11) is 0. The van der Waals surface area contributed by atoms with Crippen LogP contribution in [-0.2, 0) is 9.47 Å². The summed E-state index contributed by atoms with van der Waals surface area (Å²) in [6.07, 6.45) is 12.3. The summed E-state index contributed by atoms with van der Waals surface area (Å²) in [6, 6.07) is 0. The molecule has 2 N–H and O–H groups in total. The van der Waals surface area contributed by atoms with Crippen molar-refractivity contribution in [2.24, 2.45) is 22.2 Å². The Labute approximate surface area is 207 Å². The summed E-state index contributed by atoms with van der Waals surface area (Å²) >= 11 is 0. The van der Waals surface area contributed by atoms with Gasteiger partial charge in [-0.25, -0.2) is 0 Å². The van der Waals surface area contributed by atoms with Crippen LogP contribution in [0.4, 0.5) is 0 Å². The number of hydrogen-bond donors (Lipinski definition) is 2. The van der Waals surface area contributed by atoms with Crippen molar-refractivity contribution < 1.29 is 19.7 Å². The van der Waals surface area contributed by atoms with Gasteiger partial charge in [0.25, 0.3) is 0 Å². The second-order valence-corrected chi connectivity index (χ2v) is 14.6. The highest BCUT2D eigenvalue weighted by molar-refractivity contribution is 5.32. The van der Waals surface area contributed by atoms with Crippen molar-refractivity contribution in [3.05, 3.63) is 11.1 Å². The fourth-order valence-corrected chi connectivity index (χ4v) is 9.15. The van der Waals surface area contributed by atoms with Crippen molar-refractivity contribution in [2.45, 2.75) is 155 Å². The third-order valence-electron chi connectivity index (χ3n) is 11.4. The molecule has 0 aromatic rings. The zero-order valence-electron chi connectivity index (χ0n) is 22.9. The van der Waals surface area contributed by atoms with Crippen LogP contribution in [0, 0.1) is 22.2 Å². The van der Waals surface area contributed by atoms with Gasteiger partial charge in [-0.1, -0.05) is 31.9 Å². The molecule has 3 saturated carbocycles. The first-order valence-corrected chi connectivity index (χ1v) is 14.1. The molecule has 2 aliphatic heterocycles. The molecule has 0 spiro atoms. The van der Waals surface area contributed by atoms with Gasteiger partial charge < -0.3 is 19.7 Å². The van der Waals surface area contributed by atoms with Gasteiger partial charge in [-0.15, -0.1) is 0 Å². The molecule has 2 saturated heterocycles. The number of ether oxygens (including phenoxy) is 2. The molecule has 1 unspecified atom stereocenters. The highest BCUT2D eigenvalue weighted by atomic mass is 16.5. The first kappa shape index (κ1) is 25.2. The van der Waals surface area contributed by atoms with Crippen molar-refractivity contribution in [3.8, 4) is 0 Å². The third kappa shape index (κ3) is 3.85. The molecule has 0 aromatic carbocycles. The van der Waals surface area contributed by atoms with E-state index in [-0.39, 0.29) is 40.7 Å². The minimum atomic E-state index is -0.761. The van der Waals surface area contributed by atoms with Crippen LogP contribution in [0.25, 0.3) is 0 Å². The number of allylic oxidation sites excluding steroid dienone is 2. The van der Waals surface area contributed by atoms with Crippen molar-refractivity contribution >= 4 is 0 Å². The van der Waals surface area contributed by atoms with E-state index in [2.05, 4.69) is 34.6 Å². The van der Waals surface area contributed by atoms with Crippen molar-refractivity contribution in [1.29, 1.82) is 0 Å². The SMILES string of the molecule is CC(C)(O)[C@H]1CC[C@@]2(C)C/C(=C3\CCC4[C@]5(C)CC[C@H](O)C(C)(C)O[C@H]5CC[C@]34C)CC[C@@H]2O1. The van der Waals surface area contributed by atoms with Crippen molar-refractivity contribution in [3.63, 3.8) is 0 Å². The van der Waals surface area contributed by atoms with Crippen LogP contribution in [0.5, 0.6) is 0 Å². The number of aliphatic hydroxyl groups excluding tert-OH is 1. The Bertz CT molecular complexity index is 839. The number of fused-ring (bicyclic) bond motifs is 4. The first-order chi connectivity index (χ1) is 15.7. The molecule has 4 heteroatoms. The van der Waals surface area contributed by atoms with E-state index in [9.17, 15) is 10.2 Å². The minimum absolute atomic E-state index is 0.0433. The van der Waals surface area contributed by atoms with Gasteiger partial charge in [0.1, 0.15) is 0 Å². The number of aliphatic hydroxyl groups is 2. The van der Waals surface area contributed by atoms with E-state index in [4.69, 9.17) is 9.47 Å².